The van der Waals surface area contributed by atoms with Gasteiger partial charge in [-0.3, -0.25) is 9.10 Å². The number of nitrogens with one attached hydrogen (secondary N) is 1. The molecule has 1 fully saturated rings. The molecule has 3 rings (SSSR count). The molecule has 29 heavy (non-hydrogen) atoms. The number of hydrogen-bond acceptors (Lipinski definition) is 4. The van der Waals surface area contributed by atoms with Gasteiger partial charge < -0.3 is 10.2 Å². The van der Waals surface area contributed by atoms with Gasteiger partial charge in [-0.05, 0) is 62.2 Å². The van der Waals surface area contributed by atoms with Gasteiger partial charge in [-0.15, -0.1) is 0 Å². The van der Waals surface area contributed by atoms with Crippen LogP contribution >= 0.6 is 23.2 Å². The van der Waals surface area contributed by atoms with E-state index < -0.39 is 22.0 Å². The van der Waals surface area contributed by atoms with Crippen LogP contribution in [0.15, 0.2) is 42.5 Å². The topological polar surface area (TPSA) is 69.7 Å². The van der Waals surface area contributed by atoms with E-state index in [0.717, 1.165) is 29.3 Å². The van der Waals surface area contributed by atoms with Gasteiger partial charge in [0.1, 0.15) is 6.04 Å². The summed E-state index contributed by atoms with van der Waals surface area (Å²) in [5, 5.41) is 3.29. The van der Waals surface area contributed by atoms with Crippen LogP contribution in [0.1, 0.15) is 19.8 Å². The molecular formula is C20H23Cl2N3O3S. The number of carbonyl (C=O) groups is 1. The summed E-state index contributed by atoms with van der Waals surface area (Å²) in [7, 11) is -3.79. The van der Waals surface area contributed by atoms with E-state index in [4.69, 9.17) is 23.2 Å². The number of benzene rings is 2. The third kappa shape index (κ3) is 5.15. The van der Waals surface area contributed by atoms with Crippen molar-refractivity contribution in [3.05, 3.63) is 52.5 Å². The summed E-state index contributed by atoms with van der Waals surface area (Å²) in [6.07, 6.45) is 3.39. The van der Waals surface area contributed by atoms with Crippen molar-refractivity contribution >= 4 is 56.2 Å². The van der Waals surface area contributed by atoms with Gasteiger partial charge in [-0.2, -0.15) is 0 Å². The quantitative estimate of drug-likeness (QED) is 0.700. The molecule has 1 atom stereocenters. The van der Waals surface area contributed by atoms with Gasteiger partial charge in [-0.25, -0.2) is 8.42 Å². The Hall–Kier alpha value is -1.96. The summed E-state index contributed by atoms with van der Waals surface area (Å²) in [6.45, 7) is 3.57. The monoisotopic (exact) mass is 455 g/mol. The van der Waals surface area contributed by atoms with Crippen molar-refractivity contribution in [3.8, 4) is 0 Å². The van der Waals surface area contributed by atoms with Crippen molar-refractivity contribution in [2.75, 3.05) is 33.9 Å². The summed E-state index contributed by atoms with van der Waals surface area (Å²) in [4.78, 5) is 15.1. The largest absolute Gasteiger partial charge is 0.372 e. The maximum absolute atomic E-state index is 12.8. The Balaban J connectivity index is 1.80. The molecule has 1 saturated heterocycles. The van der Waals surface area contributed by atoms with E-state index in [1.807, 2.05) is 24.3 Å². The van der Waals surface area contributed by atoms with E-state index in [9.17, 15) is 13.2 Å². The first-order chi connectivity index (χ1) is 13.7. The first kappa shape index (κ1) is 21.7. The first-order valence-corrected chi connectivity index (χ1v) is 11.9. The predicted molar refractivity (Wildman–Crippen MR) is 120 cm³/mol. The van der Waals surface area contributed by atoms with Crippen LogP contribution in [0.4, 0.5) is 17.1 Å². The second kappa shape index (κ2) is 8.81. The second-order valence-electron chi connectivity index (χ2n) is 7.06. The number of sulfonamides is 1. The lowest BCUT2D eigenvalue weighted by Crippen LogP contribution is -2.45. The fourth-order valence-electron chi connectivity index (χ4n) is 3.41. The lowest BCUT2D eigenvalue weighted by molar-refractivity contribution is -0.116. The van der Waals surface area contributed by atoms with Crippen LogP contribution in [0, 0.1) is 0 Å². The molecule has 156 valence electrons. The highest BCUT2D eigenvalue weighted by Gasteiger charge is 2.31. The Morgan fingerprint density at radius 3 is 2.31 bits per heavy atom. The summed E-state index contributed by atoms with van der Waals surface area (Å²) >= 11 is 12.2. The molecule has 1 N–H and O–H groups in total. The molecule has 2 aromatic rings. The average molecular weight is 456 g/mol. The van der Waals surface area contributed by atoms with Crippen molar-refractivity contribution in [2.24, 2.45) is 0 Å². The number of carbonyl (C=O) groups excluding carboxylic acids is 1. The van der Waals surface area contributed by atoms with Crippen molar-refractivity contribution in [3.63, 3.8) is 0 Å². The Morgan fingerprint density at radius 2 is 1.72 bits per heavy atom. The predicted octanol–water partition coefficient (Wildman–Crippen LogP) is 4.39. The summed E-state index contributed by atoms with van der Waals surface area (Å²) < 4.78 is 25.8. The minimum Gasteiger partial charge on any atom is -0.372 e. The lowest BCUT2D eigenvalue weighted by Gasteiger charge is -2.29. The minimum absolute atomic E-state index is 0.161. The molecule has 1 aliphatic heterocycles. The van der Waals surface area contributed by atoms with Crippen LogP contribution in [0.25, 0.3) is 0 Å². The summed E-state index contributed by atoms with van der Waals surface area (Å²) in [5.74, 6) is -0.472. The molecule has 0 unspecified atom stereocenters. The maximum atomic E-state index is 12.8. The van der Waals surface area contributed by atoms with E-state index in [2.05, 4.69) is 10.2 Å². The highest BCUT2D eigenvalue weighted by molar-refractivity contribution is 7.92. The van der Waals surface area contributed by atoms with Crippen LogP contribution < -0.4 is 14.5 Å². The molecule has 6 nitrogen and oxygen atoms in total. The first-order valence-electron chi connectivity index (χ1n) is 9.27. The number of anilines is 3. The van der Waals surface area contributed by atoms with Crippen LogP contribution in [-0.4, -0.2) is 39.7 Å². The minimum atomic E-state index is -3.79. The van der Waals surface area contributed by atoms with E-state index >= 15 is 0 Å². The zero-order valence-electron chi connectivity index (χ0n) is 16.2. The highest BCUT2D eigenvalue weighted by Crippen LogP contribution is 2.32. The Kier molecular flexibility index (Phi) is 6.61. The van der Waals surface area contributed by atoms with Crippen LogP contribution in [0.2, 0.25) is 10.0 Å². The Bertz CT molecular complexity index is 991. The summed E-state index contributed by atoms with van der Waals surface area (Å²) in [6, 6.07) is 11.0. The molecule has 9 heteroatoms. The molecule has 2 aromatic carbocycles. The van der Waals surface area contributed by atoms with Crippen molar-refractivity contribution in [1.82, 2.24) is 0 Å². The van der Waals surface area contributed by atoms with Gasteiger partial charge in [0.2, 0.25) is 15.9 Å². The average Bonchev–Trinajstić information content (AvgIpc) is 3.19. The second-order valence-corrected chi connectivity index (χ2v) is 9.76. The lowest BCUT2D eigenvalue weighted by atomic mass is 10.2. The number of amides is 1. The molecule has 0 bridgehead atoms. The standard InChI is InChI=1S/C20H23Cl2N3O3S/c1-14(25(29(2,27)28)19-13-15(21)5-10-18(19)22)20(26)23-16-6-8-17(9-7-16)24-11-3-4-12-24/h5-10,13-14H,3-4,11-12H2,1-2H3,(H,23,26)/t14-/m0/s1. The SMILES string of the molecule is C[C@@H](C(=O)Nc1ccc(N2CCCC2)cc1)N(c1cc(Cl)ccc1Cl)S(C)(=O)=O. The van der Waals surface area contributed by atoms with Crippen LogP contribution in [-0.2, 0) is 14.8 Å². The molecule has 0 radical (unpaired) electrons. The van der Waals surface area contributed by atoms with E-state index in [1.165, 1.54) is 31.9 Å². The molecular weight excluding hydrogens is 433 g/mol. The molecule has 0 spiro atoms. The molecule has 1 heterocycles. The van der Waals surface area contributed by atoms with Gasteiger partial charge in [0, 0.05) is 29.5 Å². The molecule has 1 amide bonds. The van der Waals surface area contributed by atoms with Gasteiger partial charge >= 0.3 is 0 Å². The van der Waals surface area contributed by atoms with Crippen molar-refractivity contribution < 1.29 is 13.2 Å². The van der Waals surface area contributed by atoms with Crippen molar-refractivity contribution in [2.45, 2.75) is 25.8 Å². The number of hydrogen-bond donors (Lipinski definition) is 1. The fraction of sp³-hybridized carbons (Fsp3) is 0.350. The van der Waals surface area contributed by atoms with Gasteiger partial charge in [0.15, 0.2) is 0 Å². The van der Waals surface area contributed by atoms with Gasteiger partial charge in [0.25, 0.3) is 0 Å². The number of nitrogens with zero attached hydrogens (tertiary/aromatic N) is 2. The van der Waals surface area contributed by atoms with Crippen LogP contribution in [0.3, 0.4) is 0 Å². The van der Waals surface area contributed by atoms with E-state index in [1.54, 1.807) is 6.07 Å². The Labute approximate surface area is 181 Å². The van der Waals surface area contributed by atoms with Crippen LogP contribution in [0.5, 0.6) is 0 Å². The Morgan fingerprint density at radius 1 is 1.10 bits per heavy atom. The normalized spacial score (nSPS) is 15.2. The molecule has 1 aliphatic rings. The zero-order chi connectivity index (χ0) is 21.2. The van der Waals surface area contributed by atoms with E-state index in [-0.39, 0.29) is 10.7 Å². The summed E-state index contributed by atoms with van der Waals surface area (Å²) in [5.41, 5.74) is 1.86. The highest BCUT2D eigenvalue weighted by atomic mass is 35.5. The molecule has 0 aromatic heterocycles. The molecule has 0 aliphatic carbocycles. The van der Waals surface area contributed by atoms with Crippen molar-refractivity contribution in [1.29, 1.82) is 0 Å². The molecule has 0 saturated carbocycles. The zero-order valence-corrected chi connectivity index (χ0v) is 18.6. The fourth-order valence-corrected chi connectivity index (χ4v) is 5.02. The maximum Gasteiger partial charge on any atom is 0.247 e. The van der Waals surface area contributed by atoms with E-state index in [0.29, 0.717) is 10.7 Å². The number of halogens is 2. The van der Waals surface area contributed by atoms with Gasteiger partial charge in [-0.1, -0.05) is 23.2 Å². The third-order valence-electron chi connectivity index (χ3n) is 4.84. The van der Waals surface area contributed by atoms with Gasteiger partial charge in [0.05, 0.1) is 17.0 Å². The number of rotatable bonds is 6. The third-order valence-corrected chi connectivity index (χ3v) is 6.62. The smallest absolute Gasteiger partial charge is 0.247 e.